The van der Waals surface area contributed by atoms with Gasteiger partial charge < -0.3 is 14.9 Å². The number of nitrogens with zero attached hydrogens (tertiary/aromatic N) is 1. The van der Waals surface area contributed by atoms with Crippen molar-refractivity contribution in [3.05, 3.63) is 89.4 Å². The van der Waals surface area contributed by atoms with Crippen LogP contribution in [0.5, 0.6) is 5.75 Å². The smallest absolute Gasteiger partial charge is 0.416 e. The summed E-state index contributed by atoms with van der Waals surface area (Å²) in [5.74, 6) is 0.944. The van der Waals surface area contributed by atoms with Crippen molar-refractivity contribution in [1.82, 2.24) is 4.90 Å². The molecule has 0 spiro atoms. The second-order valence-electron chi connectivity index (χ2n) is 7.51. The van der Waals surface area contributed by atoms with Gasteiger partial charge in [-0.05, 0) is 60.9 Å². The largest absolute Gasteiger partial charge is 0.489 e. The number of carbonyl (C=O) groups excluding carboxylic acids is 1. The molecule has 32 heavy (non-hydrogen) atoms. The first kappa shape index (κ1) is 23.4. The molecule has 1 heterocycles. The van der Waals surface area contributed by atoms with Gasteiger partial charge >= 0.3 is 6.18 Å². The van der Waals surface area contributed by atoms with Crippen LogP contribution in [0, 0.1) is 0 Å². The van der Waals surface area contributed by atoms with E-state index in [-0.39, 0.29) is 6.61 Å². The van der Waals surface area contributed by atoms with E-state index in [1.54, 1.807) is 25.3 Å². The number of hydrogen-bond donors (Lipinski definition) is 1. The molecule has 5 nitrogen and oxygen atoms in total. The van der Waals surface area contributed by atoms with Gasteiger partial charge in [-0.3, -0.25) is 9.69 Å². The lowest BCUT2D eigenvalue weighted by molar-refractivity contribution is -0.137. The predicted octanol–water partition coefficient (Wildman–Crippen LogP) is 4.80. The molecule has 0 fully saturated rings. The van der Waals surface area contributed by atoms with E-state index in [1.807, 2.05) is 29.2 Å². The monoisotopic (exact) mass is 446 g/mol. The number of primary amides is 1. The summed E-state index contributed by atoms with van der Waals surface area (Å²) < 4.78 is 49.2. The van der Waals surface area contributed by atoms with Gasteiger partial charge in [0.05, 0.1) is 24.4 Å². The average molecular weight is 446 g/mol. The summed E-state index contributed by atoms with van der Waals surface area (Å²) in [6.07, 6.45) is -2.12. The van der Waals surface area contributed by atoms with Gasteiger partial charge in [0.25, 0.3) is 0 Å². The summed E-state index contributed by atoms with van der Waals surface area (Å²) in [6, 6.07) is 15.6. The second kappa shape index (κ2) is 10.4. The maximum atomic E-state index is 12.7. The molecule has 1 unspecified atom stereocenters. The number of rotatable bonds is 10. The van der Waals surface area contributed by atoms with Crippen LogP contribution in [0.15, 0.2) is 71.3 Å². The molecule has 0 saturated heterocycles. The van der Waals surface area contributed by atoms with Gasteiger partial charge in [-0.25, -0.2) is 0 Å². The minimum atomic E-state index is -4.36. The first-order valence-corrected chi connectivity index (χ1v) is 10.2. The summed E-state index contributed by atoms with van der Waals surface area (Å²) in [7, 11) is 0. The highest BCUT2D eigenvalue weighted by Gasteiger charge is 2.29. The SMILES string of the molecule is CC(C(N)=O)N(CCc1cccc(OCc2ccc(C(F)(F)F)cc2)c1)Cc1ccco1. The Bertz CT molecular complexity index is 1000. The Morgan fingerprint density at radius 2 is 1.84 bits per heavy atom. The molecule has 0 aliphatic carbocycles. The van der Waals surface area contributed by atoms with Crippen LogP contribution in [0.4, 0.5) is 13.2 Å². The van der Waals surface area contributed by atoms with Crippen molar-refractivity contribution in [3.63, 3.8) is 0 Å². The first-order valence-electron chi connectivity index (χ1n) is 10.2. The molecule has 8 heteroatoms. The zero-order valence-corrected chi connectivity index (χ0v) is 17.6. The van der Waals surface area contributed by atoms with E-state index in [4.69, 9.17) is 14.9 Å². The molecular formula is C24H25F3N2O3. The van der Waals surface area contributed by atoms with E-state index in [2.05, 4.69) is 0 Å². The van der Waals surface area contributed by atoms with Crippen LogP contribution in [-0.2, 0) is 30.5 Å². The highest BCUT2D eigenvalue weighted by Crippen LogP contribution is 2.29. The predicted molar refractivity (Wildman–Crippen MR) is 114 cm³/mol. The Morgan fingerprint density at radius 3 is 2.47 bits per heavy atom. The normalized spacial score (nSPS) is 12.7. The fourth-order valence-corrected chi connectivity index (χ4v) is 3.21. The number of carbonyl (C=O) groups is 1. The Morgan fingerprint density at radius 1 is 1.09 bits per heavy atom. The van der Waals surface area contributed by atoms with Gasteiger partial charge in [-0.2, -0.15) is 13.2 Å². The van der Waals surface area contributed by atoms with E-state index in [1.165, 1.54) is 12.1 Å². The molecule has 0 saturated carbocycles. The lowest BCUT2D eigenvalue weighted by Gasteiger charge is -2.26. The Labute approximate surface area is 184 Å². The van der Waals surface area contributed by atoms with Crippen LogP contribution in [0.25, 0.3) is 0 Å². The van der Waals surface area contributed by atoms with Crippen LogP contribution in [-0.4, -0.2) is 23.4 Å². The average Bonchev–Trinajstić information content (AvgIpc) is 3.28. The molecule has 1 atom stereocenters. The van der Waals surface area contributed by atoms with E-state index < -0.39 is 23.7 Å². The van der Waals surface area contributed by atoms with Crippen molar-refractivity contribution in [2.24, 2.45) is 5.73 Å². The molecule has 1 aromatic heterocycles. The standard InChI is InChI=1S/C24H25F3N2O3/c1-17(23(28)30)29(15-22-6-3-13-31-22)12-11-18-4-2-5-21(14-18)32-16-19-7-9-20(10-8-19)24(25,26)27/h2-10,13-14,17H,11-12,15-16H2,1H3,(H2,28,30). The van der Waals surface area contributed by atoms with Crippen molar-refractivity contribution in [2.45, 2.75) is 38.7 Å². The molecule has 170 valence electrons. The number of ether oxygens (including phenoxy) is 1. The summed E-state index contributed by atoms with van der Waals surface area (Å²) in [6.45, 7) is 2.95. The van der Waals surface area contributed by atoms with Crippen molar-refractivity contribution < 1.29 is 27.1 Å². The number of nitrogens with two attached hydrogens (primary N) is 1. The molecule has 1 amide bonds. The summed E-state index contributed by atoms with van der Waals surface area (Å²) in [5, 5.41) is 0. The lowest BCUT2D eigenvalue weighted by Crippen LogP contribution is -2.43. The summed E-state index contributed by atoms with van der Waals surface area (Å²) >= 11 is 0. The number of halogens is 3. The summed E-state index contributed by atoms with van der Waals surface area (Å²) in [5.41, 5.74) is 6.44. The highest BCUT2D eigenvalue weighted by atomic mass is 19.4. The Hall–Kier alpha value is -3.26. The minimum absolute atomic E-state index is 0.158. The fourth-order valence-electron chi connectivity index (χ4n) is 3.21. The third-order valence-electron chi connectivity index (χ3n) is 5.17. The maximum Gasteiger partial charge on any atom is 0.416 e. The van der Waals surface area contributed by atoms with Crippen molar-refractivity contribution >= 4 is 5.91 Å². The van der Waals surface area contributed by atoms with E-state index in [0.717, 1.165) is 23.5 Å². The molecule has 0 radical (unpaired) electrons. The van der Waals surface area contributed by atoms with Crippen molar-refractivity contribution in [2.75, 3.05) is 6.54 Å². The lowest BCUT2D eigenvalue weighted by atomic mass is 10.1. The molecule has 3 rings (SSSR count). The molecule has 2 aromatic carbocycles. The molecule has 0 aliphatic heterocycles. The molecule has 0 bridgehead atoms. The molecule has 3 aromatic rings. The van der Waals surface area contributed by atoms with E-state index in [9.17, 15) is 18.0 Å². The summed E-state index contributed by atoms with van der Waals surface area (Å²) in [4.78, 5) is 13.6. The van der Waals surface area contributed by atoms with Gasteiger partial charge in [0, 0.05) is 6.54 Å². The maximum absolute atomic E-state index is 12.7. The van der Waals surface area contributed by atoms with Gasteiger partial charge in [-0.1, -0.05) is 24.3 Å². The van der Waals surface area contributed by atoms with Crippen LogP contribution in [0.1, 0.15) is 29.4 Å². The molecular weight excluding hydrogens is 421 g/mol. The highest BCUT2D eigenvalue weighted by molar-refractivity contribution is 5.79. The van der Waals surface area contributed by atoms with E-state index >= 15 is 0 Å². The van der Waals surface area contributed by atoms with Gasteiger partial charge in [-0.15, -0.1) is 0 Å². The number of amides is 1. The molecule has 2 N–H and O–H groups in total. The fraction of sp³-hybridized carbons (Fsp3) is 0.292. The van der Waals surface area contributed by atoms with Gasteiger partial charge in [0.1, 0.15) is 18.1 Å². The number of furan rings is 1. The van der Waals surface area contributed by atoms with Crippen LogP contribution < -0.4 is 10.5 Å². The van der Waals surface area contributed by atoms with Crippen LogP contribution in [0.3, 0.4) is 0 Å². The number of benzene rings is 2. The number of alkyl halides is 3. The van der Waals surface area contributed by atoms with Crippen LogP contribution in [0.2, 0.25) is 0 Å². The third kappa shape index (κ3) is 6.62. The second-order valence-corrected chi connectivity index (χ2v) is 7.51. The zero-order chi connectivity index (χ0) is 23.1. The Balaban J connectivity index is 1.59. The van der Waals surface area contributed by atoms with Crippen molar-refractivity contribution in [3.8, 4) is 5.75 Å². The van der Waals surface area contributed by atoms with Gasteiger partial charge in [0.2, 0.25) is 5.91 Å². The Kier molecular flexibility index (Phi) is 7.58. The quantitative estimate of drug-likeness (QED) is 0.486. The van der Waals surface area contributed by atoms with Crippen molar-refractivity contribution in [1.29, 1.82) is 0 Å². The van der Waals surface area contributed by atoms with E-state index in [0.29, 0.717) is 30.8 Å². The first-order chi connectivity index (χ1) is 15.2. The van der Waals surface area contributed by atoms with Gasteiger partial charge in [0.15, 0.2) is 0 Å². The molecule has 0 aliphatic rings. The zero-order valence-electron chi connectivity index (χ0n) is 17.6. The minimum Gasteiger partial charge on any atom is -0.489 e. The van der Waals surface area contributed by atoms with Crippen LogP contribution >= 0.6 is 0 Å². The topological polar surface area (TPSA) is 68.7 Å². The third-order valence-corrected chi connectivity index (χ3v) is 5.17. The number of hydrogen-bond acceptors (Lipinski definition) is 4.